The fourth-order valence-electron chi connectivity index (χ4n) is 3.30. The lowest BCUT2D eigenvalue weighted by Crippen LogP contribution is -2.27. The Labute approximate surface area is 184 Å². The zero-order valence-corrected chi connectivity index (χ0v) is 18.0. The standard InChI is InChI=1S/C24H24N4O4/c1-3-31-19-10-6-17(7-11-19)14-25-20(29)12-13-28-15-26-22-21(27-32-23(22)24(28)30)18-8-4-16(2)5-9-18/h4-11,15H,3,12-14H2,1-2H3,(H,25,29). The van der Waals surface area contributed by atoms with Crippen LogP contribution in [0.25, 0.3) is 22.4 Å². The number of benzene rings is 2. The number of hydrogen-bond donors (Lipinski definition) is 1. The highest BCUT2D eigenvalue weighted by molar-refractivity contribution is 5.87. The lowest BCUT2D eigenvalue weighted by Gasteiger charge is -2.08. The molecule has 2 aromatic heterocycles. The normalized spacial score (nSPS) is 10.9. The molecule has 2 aromatic carbocycles. The summed E-state index contributed by atoms with van der Waals surface area (Å²) in [5, 5.41) is 6.89. The topological polar surface area (TPSA) is 99.2 Å². The number of nitrogens with one attached hydrogen (secondary N) is 1. The molecule has 1 amide bonds. The monoisotopic (exact) mass is 432 g/mol. The Morgan fingerprint density at radius 3 is 2.59 bits per heavy atom. The SMILES string of the molecule is CCOc1ccc(CNC(=O)CCn2cnc3c(-c4ccc(C)cc4)noc3c2=O)cc1. The molecule has 0 atom stereocenters. The van der Waals surface area contributed by atoms with E-state index < -0.39 is 0 Å². The third-order valence-electron chi connectivity index (χ3n) is 5.08. The van der Waals surface area contributed by atoms with Crippen LogP contribution in [0, 0.1) is 6.92 Å². The zero-order chi connectivity index (χ0) is 22.5. The van der Waals surface area contributed by atoms with Gasteiger partial charge in [0, 0.05) is 25.1 Å². The van der Waals surface area contributed by atoms with Crippen molar-refractivity contribution < 1.29 is 14.1 Å². The summed E-state index contributed by atoms with van der Waals surface area (Å²) < 4.78 is 12.1. The van der Waals surface area contributed by atoms with Crippen LogP contribution in [0.5, 0.6) is 5.75 Å². The molecule has 0 radical (unpaired) electrons. The summed E-state index contributed by atoms with van der Waals surface area (Å²) in [5.74, 6) is 0.631. The number of fused-ring (bicyclic) bond motifs is 1. The first kappa shape index (κ1) is 21.3. The second-order valence-corrected chi connectivity index (χ2v) is 7.42. The fourth-order valence-corrected chi connectivity index (χ4v) is 3.30. The molecule has 0 bridgehead atoms. The van der Waals surface area contributed by atoms with E-state index in [-0.39, 0.29) is 30.0 Å². The maximum Gasteiger partial charge on any atom is 0.299 e. The Morgan fingerprint density at radius 1 is 1.12 bits per heavy atom. The largest absolute Gasteiger partial charge is 0.494 e. The van der Waals surface area contributed by atoms with Gasteiger partial charge >= 0.3 is 0 Å². The number of rotatable bonds is 8. The van der Waals surface area contributed by atoms with E-state index in [0.29, 0.717) is 24.4 Å². The summed E-state index contributed by atoms with van der Waals surface area (Å²) in [7, 11) is 0. The number of amides is 1. The molecule has 0 spiro atoms. The molecule has 0 aliphatic carbocycles. The maximum absolute atomic E-state index is 12.7. The second-order valence-electron chi connectivity index (χ2n) is 7.42. The van der Waals surface area contributed by atoms with E-state index in [1.807, 2.05) is 62.4 Å². The van der Waals surface area contributed by atoms with E-state index in [1.54, 1.807) is 0 Å². The van der Waals surface area contributed by atoms with Crippen LogP contribution < -0.4 is 15.6 Å². The number of aryl methyl sites for hydroxylation is 2. The summed E-state index contributed by atoms with van der Waals surface area (Å²) in [6, 6.07) is 15.3. The third kappa shape index (κ3) is 4.69. The smallest absolute Gasteiger partial charge is 0.299 e. The predicted octanol–water partition coefficient (Wildman–Crippen LogP) is 3.47. The molecule has 2 heterocycles. The Balaban J connectivity index is 1.39. The molecule has 0 aliphatic rings. The first-order valence-electron chi connectivity index (χ1n) is 10.5. The van der Waals surface area contributed by atoms with E-state index >= 15 is 0 Å². The molecule has 4 rings (SSSR count). The van der Waals surface area contributed by atoms with Crippen LogP contribution >= 0.6 is 0 Å². The zero-order valence-electron chi connectivity index (χ0n) is 18.0. The van der Waals surface area contributed by atoms with E-state index in [1.165, 1.54) is 10.9 Å². The molecule has 32 heavy (non-hydrogen) atoms. The van der Waals surface area contributed by atoms with Gasteiger partial charge in [-0.3, -0.25) is 14.2 Å². The van der Waals surface area contributed by atoms with Crippen molar-refractivity contribution in [3.8, 4) is 17.0 Å². The van der Waals surface area contributed by atoms with Gasteiger partial charge in [-0.05, 0) is 31.5 Å². The number of hydrogen-bond acceptors (Lipinski definition) is 6. The molecule has 0 saturated heterocycles. The Morgan fingerprint density at radius 2 is 1.88 bits per heavy atom. The van der Waals surface area contributed by atoms with Gasteiger partial charge in [-0.1, -0.05) is 47.1 Å². The number of carbonyl (C=O) groups is 1. The first-order valence-corrected chi connectivity index (χ1v) is 10.5. The lowest BCUT2D eigenvalue weighted by molar-refractivity contribution is -0.121. The van der Waals surface area contributed by atoms with Crippen LogP contribution in [-0.4, -0.2) is 27.2 Å². The van der Waals surface area contributed by atoms with Crippen molar-refractivity contribution in [2.45, 2.75) is 33.4 Å². The quantitative estimate of drug-likeness (QED) is 0.458. The van der Waals surface area contributed by atoms with E-state index in [4.69, 9.17) is 9.26 Å². The lowest BCUT2D eigenvalue weighted by atomic mass is 10.1. The van der Waals surface area contributed by atoms with Gasteiger partial charge in [-0.2, -0.15) is 0 Å². The van der Waals surface area contributed by atoms with Crippen molar-refractivity contribution in [1.82, 2.24) is 20.0 Å². The fraction of sp³-hybridized carbons (Fsp3) is 0.250. The summed E-state index contributed by atoms with van der Waals surface area (Å²) in [4.78, 5) is 29.4. The number of aromatic nitrogens is 3. The maximum atomic E-state index is 12.7. The number of ether oxygens (including phenoxy) is 1. The molecule has 0 aliphatic heterocycles. The number of nitrogens with zero attached hydrogens (tertiary/aromatic N) is 3. The Bertz CT molecular complexity index is 1270. The van der Waals surface area contributed by atoms with Crippen molar-refractivity contribution >= 4 is 17.0 Å². The highest BCUT2D eigenvalue weighted by Crippen LogP contribution is 2.24. The minimum atomic E-state index is -0.361. The number of carbonyl (C=O) groups excluding carboxylic acids is 1. The van der Waals surface area contributed by atoms with Gasteiger partial charge in [0.05, 0.1) is 12.9 Å². The molecular weight excluding hydrogens is 408 g/mol. The minimum Gasteiger partial charge on any atom is -0.494 e. The van der Waals surface area contributed by atoms with Gasteiger partial charge in [-0.15, -0.1) is 0 Å². The molecule has 164 valence electrons. The van der Waals surface area contributed by atoms with Gasteiger partial charge in [0.2, 0.25) is 5.91 Å². The second kappa shape index (κ2) is 9.47. The van der Waals surface area contributed by atoms with Gasteiger partial charge in [0.15, 0.2) is 0 Å². The van der Waals surface area contributed by atoms with Crippen molar-refractivity contribution in [1.29, 1.82) is 0 Å². The average Bonchev–Trinajstić information content (AvgIpc) is 3.24. The van der Waals surface area contributed by atoms with Crippen molar-refractivity contribution in [2.75, 3.05) is 6.61 Å². The van der Waals surface area contributed by atoms with Gasteiger partial charge < -0.3 is 14.6 Å². The van der Waals surface area contributed by atoms with Crippen molar-refractivity contribution in [3.05, 3.63) is 76.3 Å². The van der Waals surface area contributed by atoms with Gasteiger partial charge in [0.25, 0.3) is 11.1 Å². The van der Waals surface area contributed by atoms with Crippen LogP contribution in [0.1, 0.15) is 24.5 Å². The highest BCUT2D eigenvalue weighted by Gasteiger charge is 2.16. The Hall–Kier alpha value is -3.94. The Kier molecular flexibility index (Phi) is 6.30. The molecule has 0 saturated carbocycles. The van der Waals surface area contributed by atoms with Crippen LogP contribution in [-0.2, 0) is 17.9 Å². The highest BCUT2D eigenvalue weighted by atomic mass is 16.5. The van der Waals surface area contributed by atoms with E-state index in [2.05, 4.69) is 15.5 Å². The van der Waals surface area contributed by atoms with Crippen LogP contribution in [0.2, 0.25) is 0 Å². The summed E-state index contributed by atoms with van der Waals surface area (Å²) in [6.07, 6.45) is 1.57. The van der Waals surface area contributed by atoms with Crippen molar-refractivity contribution in [2.24, 2.45) is 0 Å². The van der Waals surface area contributed by atoms with Gasteiger partial charge in [0.1, 0.15) is 17.0 Å². The molecule has 0 fully saturated rings. The molecular formula is C24H24N4O4. The molecule has 4 aromatic rings. The summed E-state index contributed by atoms with van der Waals surface area (Å²) in [6.45, 7) is 5.13. The average molecular weight is 432 g/mol. The van der Waals surface area contributed by atoms with Crippen LogP contribution in [0.4, 0.5) is 0 Å². The van der Waals surface area contributed by atoms with E-state index in [0.717, 1.165) is 22.4 Å². The predicted molar refractivity (Wildman–Crippen MR) is 120 cm³/mol. The van der Waals surface area contributed by atoms with E-state index in [9.17, 15) is 9.59 Å². The molecule has 1 N–H and O–H groups in total. The van der Waals surface area contributed by atoms with Crippen molar-refractivity contribution in [3.63, 3.8) is 0 Å². The van der Waals surface area contributed by atoms with Crippen LogP contribution in [0.3, 0.4) is 0 Å². The first-order chi connectivity index (χ1) is 15.5. The van der Waals surface area contributed by atoms with Crippen LogP contribution in [0.15, 0.2) is 64.2 Å². The summed E-state index contributed by atoms with van der Waals surface area (Å²) >= 11 is 0. The summed E-state index contributed by atoms with van der Waals surface area (Å²) in [5.41, 5.74) is 3.57. The molecule has 8 heteroatoms. The molecule has 0 unspecified atom stereocenters. The third-order valence-corrected chi connectivity index (χ3v) is 5.08. The minimum absolute atomic E-state index is 0.0814. The molecule has 8 nitrogen and oxygen atoms in total. The van der Waals surface area contributed by atoms with Gasteiger partial charge in [-0.25, -0.2) is 4.98 Å².